The predicted molar refractivity (Wildman–Crippen MR) is 225 cm³/mol. The predicted octanol–water partition coefficient (Wildman–Crippen LogP) is 4.50. The average molecular weight is 879 g/mol. The number of sulfone groups is 1. The Morgan fingerprint density at radius 3 is 1.27 bits per heavy atom. The van der Waals surface area contributed by atoms with Gasteiger partial charge in [-0.15, -0.1) is 0 Å². The van der Waals surface area contributed by atoms with E-state index >= 15 is 0 Å². The van der Waals surface area contributed by atoms with Crippen molar-refractivity contribution in [3.05, 3.63) is 121 Å². The molecule has 2 aromatic heterocycles. The van der Waals surface area contributed by atoms with Gasteiger partial charge in [0.1, 0.15) is 23.0 Å². The normalized spacial score (nSPS) is 11.0. The number of hydrogen-bond acceptors (Lipinski definition) is 14. The summed E-state index contributed by atoms with van der Waals surface area (Å²) in [6.45, 7) is 5.24. The second kappa shape index (κ2) is 24.7. The Balaban J connectivity index is 0.000000376. The van der Waals surface area contributed by atoms with Gasteiger partial charge in [0.15, 0.2) is 9.84 Å². The maximum atomic E-state index is 12.7. The molecule has 0 saturated heterocycles. The van der Waals surface area contributed by atoms with Gasteiger partial charge < -0.3 is 25.7 Å². The Morgan fingerprint density at radius 1 is 0.525 bits per heavy atom. The number of nitrogens with one attached hydrogen (secondary N) is 1. The molecule has 16 nitrogen and oxygen atoms in total. The molecular weight excluding hydrogens is 832 g/mol. The number of aliphatic hydroxyl groups is 1. The minimum atomic E-state index is -4.01. The number of aliphatic hydroxyl groups excluding tert-OH is 1. The van der Waals surface area contributed by atoms with E-state index in [1.807, 2.05) is 25.1 Å². The van der Waals surface area contributed by atoms with E-state index in [0.717, 1.165) is 29.2 Å². The van der Waals surface area contributed by atoms with Gasteiger partial charge in [0.2, 0.25) is 20.0 Å². The van der Waals surface area contributed by atoms with Crippen LogP contribution in [0, 0.1) is 0 Å². The molecule has 2 heterocycles. The van der Waals surface area contributed by atoms with Crippen molar-refractivity contribution in [2.75, 3.05) is 28.1 Å². The molecule has 4 aromatic carbocycles. The summed E-state index contributed by atoms with van der Waals surface area (Å²) in [5.74, 6) is 6.78. The number of benzene rings is 4. The van der Waals surface area contributed by atoms with Gasteiger partial charge in [-0.1, -0.05) is 32.9 Å². The molecule has 0 spiro atoms. The maximum absolute atomic E-state index is 12.7. The molecule has 6 aromatic rings. The largest absolute Gasteiger partial charge is 1.00 e. The first-order chi connectivity index (χ1) is 27.8. The molecular formula is C39H47N6NaO10S3. The molecule has 0 unspecified atom stereocenters. The quantitative estimate of drug-likeness (QED) is 0.107. The van der Waals surface area contributed by atoms with Crippen LogP contribution in [0.25, 0.3) is 28.0 Å². The molecule has 0 radical (unpaired) electrons. The molecule has 59 heavy (non-hydrogen) atoms. The van der Waals surface area contributed by atoms with Crippen molar-refractivity contribution >= 4 is 57.6 Å². The van der Waals surface area contributed by atoms with E-state index in [1.54, 1.807) is 81.1 Å². The van der Waals surface area contributed by atoms with Crippen LogP contribution in [-0.2, 0) is 35.6 Å². The van der Waals surface area contributed by atoms with Crippen molar-refractivity contribution in [1.29, 1.82) is 0 Å². The Kier molecular flexibility index (Phi) is 21.3. The molecule has 0 aliphatic carbocycles. The number of fused-ring (bicyclic) bond motifs is 2. The Hall–Kier alpha value is -4.31. The molecule has 0 amide bonds. The zero-order chi connectivity index (χ0) is 42.8. The Morgan fingerprint density at radius 2 is 0.881 bits per heavy atom. The molecule has 312 valence electrons. The number of aromatic nitrogens is 4. The Labute approximate surface area is 367 Å². The third-order valence-corrected chi connectivity index (χ3v) is 14.1. The van der Waals surface area contributed by atoms with Crippen LogP contribution in [0.1, 0.15) is 45.6 Å². The van der Waals surface area contributed by atoms with E-state index in [0.29, 0.717) is 51.5 Å². The molecule has 0 saturated carbocycles. The van der Waals surface area contributed by atoms with Gasteiger partial charge in [-0.3, -0.25) is 19.9 Å². The van der Waals surface area contributed by atoms with Gasteiger partial charge in [0.25, 0.3) is 0 Å². The summed E-state index contributed by atoms with van der Waals surface area (Å²) < 4.78 is 86.5. The fourth-order valence-electron chi connectivity index (χ4n) is 5.39. The van der Waals surface area contributed by atoms with Crippen LogP contribution in [0.15, 0.2) is 110 Å². The summed E-state index contributed by atoms with van der Waals surface area (Å²) in [6.07, 6.45) is 7.73. The topological polar surface area (TPSA) is 240 Å². The van der Waals surface area contributed by atoms with Crippen LogP contribution < -0.4 is 42.7 Å². The average Bonchev–Trinajstić information content (AvgIpc) is 3.21. The van der Waals surface area contributed by atoms with Crippen LogP contribution in [0.5, 0.6) is 23.0 Å². The van der Waals surface area contributed by atoms with Gasteiger partial charge in [-0.25, -0.2) is 25.3 Å². The van der Waals surface area contributed by atoms with Crippen LogP contribution in [0.3, 0.4) is 0 Å². The monoisotopic (exact) mass is 878 g/mol. The van der Waals surface area contributed by atoms with E-state index in [9.17, 15) is 25.3 Å². The molecule has 0 atom stereocenters. The van der Waals surface area contributed by atoms with Crippen molar-refractivity contribution < 1.29 is 74.6 Å². The van der Waals surface area contributed by atoms with Crippen molar-refractivity contribution in [3.8, 4) is 23.0 Å². The second-order valence-electron chi connectivity index (χ2n) is 12.2. The summed E-state index contributed by atoms with van der Waals surface area (Å²) in [5, 5.41) is 13.2. The van der Waals surface area contributed by atoms with Crippen LogP contribution in [-0.4, -0.2) is 79.9 Å². The third-order valence-electron chi connectivity index (χ3n) is 7.66. The van der Waals surface area contributed by atoms with Crippen LogP contribution >= 0.6 is 0 Å². The molecule has 3 N–H and O–H groups in total. The maximum Gasteiger partial charge on any atom is 1.00 e. The van der Waals surface area contributed by atoms with Crippen molar-refractivity contribution in [2.45, 2.75) is 45.8 Å². The molecule has 0 aliphatic rings. The number of hydrogen-bond donors (Lipinski definition) is 2. The van der Waals surface area contributed by atoms with Crippen molar-refractivity contribution in [2.24, 2.45) is 0 Å². The van der Waals surface area contributed by atoms with Crippen LogP contribution in [0.4, 0.5) is 5.69 Å². The molecule has 0 fully saturated rings. The SMILES string of the molecule is CCCS(=O)(=O)Cc1ccc(Oc2ccc3nccnc3c2)cc1.CCCS(=O)(=O)N(c1ccc(Oc2ccc3nccnc3c2)cc1)S(=O)(=O)CCC.CO.[NH-]O.[Na+]. The molecule has 0 aliphatic heterocycles. The van der Waals surface area contributed by atoms with E-state index < -0.39 is 29.9 Å². The first-order valence-electron chi connectivity index (χ1n) is 17.9. The van der Waals surface area contributed by atoms with E-state index in [4.69, 9.17) is 25.7 Å². The first-order valence-corrected chi connectivity index (χ1v) is 23.0. The number of nitrogens with zero attached hydrogens (tertiary/aromatic N) is 5. The first kappa shape index (κ1) is 50.8. The van der Waals surface area contributed by atoms with E-state index in [2.05, 4.69) is 19.9 Å². The van der Waals surface area contributed by atoms with Crippen molar-refractivity contribution in [1.82, 2.24) is 19.9 Å². The molecule has 0 bridgehead atoms. The fraction of sp³-hybridized carbons (Fsp3) is 0.282. The summed E-state index contributed by atoms with van der Waals surface area (Å²) in [6, 6.07) is 23.8. The second-order valence-corrected chi connectivity index (χ2v) is 18.5. The summed E-state index contributed by atoms with van der Waals surface area (Å²) in [7, 11) is -10.1. The van der Waals surface area contributed by atoms with Gasteiger partial charge in [0, 0.05) is 44.0 Å². The number of sulfonamides is 2. The van der Waals surface area contributed by atoms with Gasteiger partial charge in [0.05, 0.1) is 50.8 Å². The van der Waals surface area contributed by atoms with Gasteiger partial charge in [-0.05, 0) is 85.5 Å². The molecule has 6 rings (SSSR count). The minimum Gasteiger partial charge on any atom is -0.553 e. The fourth-order valence-corrected chi connectivity index (χ4v) is 10.9. The number of ether oxygens (including phenoxy) is 2. The molecule has 20 heteroatoms. The van der Waals surface area contributed by atoms with E-state index in [-0.39, 0.29) is 58.3 Å². The smallest absolute Gasteiger partial charge is 0.553 e. The Bertz CT molecular complexity index is 2500. The zero-order valence-corrected chi connectivity index (χ0v) is 37.9. The van der Waals surface area contributed by atoms with E-state index in [1.165, 1.54) is 24.3 Å². The zero-order valence-electron chi connectivity index (χ0n) is 33.5. The summed E-state index contributed by atoms with van der Waals surface area (Å²) in [5.41, 5.74) is 3.81. The standard InChI is InChI=1S/C20H23N3O5S2.C18H18N2O3S.CH4O.H2NO.Na/c1-3-13-29(24,25)23(30(26,27)14-4-2)16-5-7-17(8-6-16)28-18-9-10-19-20(15-18)22-12-11-21-19;1-2-11-24(21,22)13-14-3-5-15(6-4-14)23-16-7-8-17-18(12-16)20-10-9-19-17;2*1-2;/h5-12,15H,3-4,13-14H2,1-2H3;3-10,12H,2,11,13H2,1H3;2H,1H3;1-2H;/q;;;-1;+1. The summed E-state index contributed by atoms with van der Waals surface area (Å²) >= 11 is 0. The number of anilines is 1. The minimum absolute atomic E-state index is 0. The number of rotatable bonds is 15. The third kappa shape index (κ3) is 15.3. The summed E-state index contributed by atoms with van der Waals surface area (Å²) in [4.78, 5) is 16.9. The van der Waals surface area contributed by atoms with Gasteiger partial charge >= 0.3 is 29.6 Å². The van der Waals surface area contributed by atoms with Gasteiger partial charge in [-0.2, -0.15) is 3.71 Å². The van der Waals surface area contributed by atoms with Crippen LogP contribution in [0.2, 0.25) is 0 Å². The van der Waals surface area contributed by atoms with Crippen molar-refractivity contribution in [3.63, 3.8) is 0 Å².